The minimum absolute atomic E-state index is 0.323. The maximum Gasteiger partial charge on any atom is 0.138 e. The van der Waals surface area contributed by atoms with Crippen molar-refractivity contribution >= 4 is 5.78 Å². The van der Waals surface area contributed by atoms with Crippen molar-refractivity contribution in [1.82, 2.24) is 5.32 Å². The van der Waals surface area contributed by atoms with Gasteiger partial charge in [0.05, 0.1) is 0 Å². The Kier molecular flexibility index (Phi) is 8.33. The molecule has 17 heavy (non-hydrogen) atoms. The molecule has 1 aliphatic heterocycles. The zero-order valence-electron chi connectivity index (χ0n) is 11.5. The van der Waals surface area contributed by atoms with Crippen LogP contribution in [0.3, 0.4) is 0 Å². The highest BCUT2D eigenvalue weighted by atomic mass is 16.1. The molecule has 0 aromatic carbocycles. The number of carbonyl (C=O) groups excluding carboxylic acids is 1. The number of unbranched alkanes of at least 4 members (excludes halogenated alkanes) is 7. The van der Waals surface area contributed by atoms with Crippen LogP contribution in [0.1, 0.15) is 71.1 Å². The molecular formula is C15H29NO. The van der Waals surface area contributed by atoms with Crippen molar-refractivity contribution in [2.75, 3.05) is 13.1 Å². The third-order valence-electron chi connectivity index (χ3n) is 3.80. The standard InChI is InChI=1S/C15H29NO/c1-2-3-4-5-6-7-8-9-10-14-13-16-12-11-15(14)17/h14,16H,2-13H2,1H3. The average Bonchev–Trinajstić information content (AvgIpc) is 2.35. The molecule has 2 heteroatoms. The fourth-order valence-corrected chi connectivity index (χ4v) is 2.59. The van der Waals surface area contributed by atoms with Crippen LogP contribution in [0.4, 0.5) is 0 Å². The topological polar surface area (TPSA) is 29.1 Å². The highest BCUT2D eigenvalue weighted by Crippen LogP contribution is 2.16. The molecule has 0 saturated carbocycles. The number of nitrogens with one attached hydrogen (secondary N) is 1. The monoisotopic (exact) mass is 239 g/mol. The Bertz CT molecular complexity index is 203. The molecule has 1 atom stereocenters. The molecule has 0 aliphatic carbocycles. The van der Waals surface area contributed by atoms with Gasteiger partial charge in [-0.25, -0.2) is 0 Å². The Morgan fingerprint density at radius 3 is 2.35 bits per heavy atom. The molecule has 100 valence electrons. The first kappa shape index (κ1) is 14.7. The highest BCUT2D eigenvalue weighted by molar-refractivity contribution is 5.82. The maximum atomic E-state index is 11.6. The summed E-state index contributed by atoms with van der Waals surface area (Å²) in [7, 11) is 0. The summed E-state index contributed by atoms with van der Waals surface area (Å²) in [5.41, 5.74) is 0. The lowest BCUT2D eigenvalue weighted by Gasteiger charge is -2.21. The fraction of sp³-hybridized carbons (Fsp3) is 0.933. The first-order chi connectivity index (χ1) is 8.34. The summed E-state index contributed by atoms with van der Waals surface area (Å²) in [5, 5.41) is 3.32. The second kappa shape index (κ2) is 9.64. The largest absolute Gasteiger partial charge is 0.316 e. The van der Waals surface area contributed by atoms with Crippen LogP contribution in [0.15, 0.2) is 0 Å². The van der Waals surface area contributed by atoms with Crippen LogP contribution in [0.25, 0.3) is 0 Å². The third kappa shape index (κ3) is 6.82. The molecule has 0 amide bonds. The van der Waals surface area contributed by atoms with Crippen LogP contribution in [0, 0.1) is 5.92 Å². The molecule has 1 rings (SSSR count). The molecule has 2 nitrogen and oxygen atoms in total. The van der Waals surface area contributed by atoms with Crippen LogP contribution in [-0.2, 0) is 4.79 Å². The van der Waals surface area contributed by atoms with E-state index in [2.05, 4.69) is 12.2 Å². The minimum atomic E-state index is 0.323. The lowest BCUT2D eigenvalue weighted by Crippen LogP contribution is -2.36. The quantitative estimate of drug-likeness (QED) is 0.622. The summed E-state index contributed by atoms with van der Waals surface area (Å²) in [6, 6.07) is 0. The second-order valence-corrected chi connectivity index (χ2v) is 5.38. The molecule has 1 unspecified atom stereocenters. The Balaban J connectivity index is 1.88. The van der Waals surface area contributed by atoms with E-state index in [1.54, 1.807) is 0 Å². The molecule has 1 fully saturated rings. The van der Waals surface area contributed by atoms with Crippen molar-refractivity contribution in [3.8, 4) is 0 Å². The van der Waals surface area contributed by atoms with Crippen LogP contribution >= 0.6 is 0 Å². The Morgan fingerprint density at radius 1 is 1.06 bits per heavy atom. The Hall–Kier alpha value is -0.370. The van der Waals surface area contributed by atoms with Gasteiger partial charge in [-0.1, -0.05) is 58.3 Å². The molecular weight excluding hydrogens is 210 g/mol. The summed E-state index contributed by atoms with van der Waals surface area (Å²) in [6.07, 6.45) is 12.7. The number of hydrogen-bond acceptors (Lipinski definition) is 2. The van der Waals surface area contributed by atoms with Gasteiger partial charge in [-0.05, 0) is 6.42 Å². The van der Waals surface area contributed by atoms with Gasteiger partial charge in [0.25, 0.3) is 0 Å². The molecule has 1 heterocycles. The summed E-state index contributed by atoms with van der Waals surface area (Å²) < 4.78 is 0. The van der Waals surface area contributed by atoms with Gasteiger partial charge in [0.2, 0.25) is 0 Å². The minimum Gasteiger partial charge on any atom is -0.316 e. The van der Waals surface area contributed by atoms with Gasteiger partial charge in [0, 0.05) is 25.4 Å². The summed E-state index contributed by atoms with van der Waals surface area (Å²) in [4.78, 5) is 11.6. The first-order valence-electron chi connectivity index (χ1n) is 7.58. The predicted octanol–water partition coefficient (Wildman–Crippen LogP) is 3.70. The van der Waals surface area contributed by atoms with Crippen molar-refractivity contribution < 1.29 is 4.79 Å². The van der Waals surface area contributed by atoms with Crippen LogP contribution in [-0.4, -0.2) is 18.9 Å². The van der Waals surface area contributed by atoms with Crippen LogP contribution < -0.4 is 5.32 Å². The van der Waals surface area contributed by atoms with Crippen molar-refractivity contribution in [2.24, 2.45) is 5.92 Å². The van der Waals surface area contributed by atoms with Gasteiger partial charge < -0.3 is 5.32 Å². The van der Waals surface area contributed by atoms with E-state index in [1.807, 2.05) is 0 Å². The number of ketones is 1. The Morgan fingerprint density at radius 2 is 1.71 bits per heavy atom. The number of hydrogen-bond donors (Lipinski definition) is 1. The lowest BCUT2D eigenvalue weighted by atomic mass is 9.92. The molecule has 1 N–H and O–H groups in total. The number of piperidine rings is 1. The number of carbonyl (C=O) groups is 1. The van der Waals surface area contributed by atoms with Crippen molar-refractivity contribution in [2.45, 2.75) is 71.1 Å². The number of rotatable bonds is 9. The lowest BCUT2D eigenvalue weighted by molar-refractivity contribution is -0.124. The normalized spacial score (nSPS) is 20.8. The van der Waals surface area contributed by atoms with Crippen LogP contribution in [0.5, 0.6) is 0 Å². The van der Waals surface area contributed by atoms with E-state index in [1.165, 1.54) is 51.4 Å². The van der Waals surface area contributed by atoms with E-state index in [9.17, 15) is 4.79 Å². The fourth-order valence-electron chi connectivity index (χ4n) is 2.59. The smallest absolute Gasteiger partial charge is 0.138 e. The van der Waals surface area contributed by atoms with Gasteiger partial charge in [0.1, 0.15) is 5.78 Å². The van der Waals surface area contributed by atoms with E-state index in [0.717, 1.165) is 25.9 Å². The van der Waals surface area contributed by atoms with Gasteiger partial charge in [-0.15, -0.1) is 0 Å². The van der Waals surface area contributed by atoms with Gasteiger partial charge in [-0.2, -0.15) is 0 Å². The maximum absolute atomic E-state index is 11.6. The SMILES string of the molecule is CCCCCCCCCCC1CNCCC1=O. The van der Waals surface area contributed by atoms with Gasteiger partial charge in [-0.3, -0.25) is 4.79 Å². The van der Waals surface area contributed by atoms with Crippen molar-refractivity contribution in [1.29, 1.82) is 0 Å². The summed E-state index contributed by atoms with van der Waals surface area (Å²) in [6.45, 7) is 4.08. The van der Waals surface area contributed by atoms with E-state index in [0.29, 0.717) is 11.7 Å². The van der Waals surface area contributed by atoms with E-state index >= 15 is 0 Å². The molecule has 0 bridgehead atoms. The molecule has 1 saturated heterocycles. The summed E-state index contributed by atoms with van der Waals surface area (Å²) in [5.74, 6) is 0.815. The predicted molar refractivity (Wildman–Crippen MR) is 73.2 cm³/mol. The first-order valence-corrected chi connectivity index (χ1v) is 7.58. The van der Waals surface area contributed by atoms with E-state index < -0.39 is 0 Å². The zero-order chi connectivity index (χ0) is 12.3. The van der Waals surface area contributed by atoms with E-state index in [4.69, 9.17) is 0 Å². The molecule has 1 aliphatic rings. The number of Topliss-reactive ketones (excluding diaryl/α,β-unsaturated/α-hetero) is 1. The van der Waals surface area contributed by atoms with Crippen molar-refractivity contribution in [3.63, 3.8) is 0 Å². The van der Waals surface area contributed by atoms with Crippen LogP contribution in [0.2, 0.25) is 0 Å². The average molecular weight is 239 g/mol. The molecule has 0 spiro atoms. The summed E-state index contributed by atoms with van der Waals surface area (Å²) >= 11 is 0. The molecule has 0 aromatic heterocycles. The molecule has 0 aromatic rings. The zero-order valence-corrected chi connectivity index (χ0v) is 11.5. The van der Waals surface area contributed by atoms with Gasteiger partial charge in [0.15, 0.2) is 0 Å². The Labute approximate surface area is 107 Å². The third-order valence-corrected chi connectivity index (χ3v) is 3.80. The van der Waals surface area contributed by atoms with E-state index in [-0.39, 0.29) is 0 Å². The van der Waals surface area contributed by atoms with Gasteiger partial charge >= 0.3 is 0 Å². The second-order valence-electron chi connectivity index (χ2n) is 5.38. The van der Waals surface area contributed by atoms with Crippen molar-refractivity contribution in [3.05, 3.63) is 0 Å². The molecule has 0 radical (unpaired) electrons. The highest BCUT2D eigenvalue weighted by Gasteiger charge is 2.20.